The number of aromatic nitrogens is 3. The van der Waals surface area contributed by atoms with Gasteiger partial charge in [0.05, 0.1) is 25.3 Å². The van der Waals surface area contributed by atoms with Crippen LogP contribution in [0.3, 0.4) is 0 Å². The molecule has 1 N–H and O–H groups in total. The minimum Gasteiger partial charge on any atom is -0.496 e. The molecule has 0 unspecified atom stereocenters. The molecule has 142 valence electrons. The average molecular weight is 378 g/mol. The summed E-state index contributed by atoms with van der Waals surface area (Å²) in [4.78, 5) is 12.1. The van der Waals surface area contributed by atoms with Crippen LogP contribution in [0.4, 0.5) is 0 Å². The normalized spacial score (nSPS) is 10.2. The number of carbonyl (C=O) groups is 1. The molecule has 0 saturated heterocycles. The van der Waals surface area contributed by atoms with E-state index in [-0.39, 0.29) is 18.9 Å². The van der Waals surface area contributed by atoms with Gasteiger partial charge in [0.2, 0.25) is 0 Å². The van der Waals surface area contributed by atoms with Gasteiger partial charge in [-0.1, -0.05) is 0 Å². The smallest absolute Gasteiger partial charge is 0.361 e. The fourth-order valence-corrected chi connectivity index (χ4v) is 2.60. The highest BCUT2D eigenvalue weighted by Gasteiger charge is 2.20. The van der Waals surface area contributed by atoms with E-state index in [0.29, 0.717) is 28.3 Å². The second kappa shape index (κ2) is 8.68. The molecule has 0 saturated carbocycles. The standard InChI is InChI=1S/C20H18N4O4/c1-3-27-20(25)19-18(22-24-23-19)14-6-9-17(26-2)15(10-14)12-28-16-7-4-13(11-21)5-8-16/h4-10H,3,12H2,1-2H3,(H,22,23,24). The van der Waals surface area contributed by atoms with Crippen LogP contribution in [0.1, 0.15) is 28.5 Å². The van der Waals surface area contributed by atoms with Gasteiger partial charge in [0.15, 0.2) is 5.69 Å². The lowest BCUT2D eigenvalue weighted by molar-refractivity contribution is 0.0520. The van der Waals surface area contributed by atoms with Crippen molar-refractivity contribution in [3.8, 4) is 28.8 Å². The third-order valence-corrected chi connectivity index (χ3v) is 3.95. The van der Waals surface area contributed by atoms with Crippen molar-refractivity contribution in [3.05, 3.63) is 59.3 Å². The maximum Gasteiger partial charge on any atom is 0.361 e. The SMILES string of the molecule is CCOC(=O)c1n[nH]nc1-c1ccc(OC)c(COc2ccc(C#N)cc2)c1. The van der Waals surface area contributed by atoms with Crippen molar-refractivity contribution in [1.82, 2.24) is 15.4 Å². The van der Waals surface area contributed by atoms with E-state index in [4.69, 9.17) is 19.5 Å². The van der Waals surface area contributed by atoms with Crippen LogP contribution < -0.4 is 9.47 Å². The molecule has 8 heteroatoms. The Labute approximate surface area is 161 Å². The minimum absolute atomic E-state index is 0.117. The van der Waals surface area contributed by atoms with E-state index in [0.717, 1.165) is 5.56 Å². The predicted molar refractivity (Wildman–Crippen MR) is 99.8 cm³/mol. The summed E-state index contributed by atoms with van der Waals surface area (Å²) < 4.78 is 16.2. The van der Waals surface area contributed by atoms with Gasteiger partial charge in [0.1, 0.15) is 23.8 Å². The molecule has 1 heterocycles. The first kappa shape index (κ1) is 18.9. The second-order valence-corrected chi connectivity index (χ2v) is 5.69. The van der Waals surface area contributed by atoms with Gasteiger partial charge in [0, 0.05) is 11.1 Å². The van der Waals surface area contributed by atoms with E-state index < -0.39 is 5.97 Å². The van der Waals surface area contributed by atoms with Crippen LogP contribution in [0, 0.1) is 11.3 Å². The number of esters is 1. The lowest BCUT2D eigenvalue weighted by atomic mass is 10.1. The first-order chi connectivity index (χ1) is 13.7. The number of hydrogen-bond acceptors (Lipinski definition) is 7. The van der Waals surface area contributed by atoms with E-state index in [2.05, 4.69) is 21.5 Å². The summed E-state index contributed by atoms with van der Waals surface area (Å²) in [5.74, 6) is 0.719. The number of carbonyl (C=O) groups excluding carboxylic acids is 1. The molecule has 0 fully saturated rings. The number of rotatable bonds is 7. The van der Waals surface area contributed by atoms with Crippen LogP contribution in [0.15, 0.2) is 42.5 Å². The van der Waals surface area contributed by atoms with Gasteiger partial charge >= 0.3 is 5.97 Å². The Morgan fingerprint density at radius 1 is 1.18 bits per heavy atom. The summed E-state index contributed by atoms with van der Waals surface area (Å²) in [5.41, 5.74) is 2.51. The molecule has 8 nitrogen and oxygen atoms in total. The van der Waals surface area contributed by atoms with Crippen LogP contribution in [0.2, 0.25) is 0 Å². The van der Waals surface area contributed by atoms with Gasteiger partial charge in [-0.15, -0.1) is 5.10 Å². The van der Waals surface area contributed by atoms with Crippen molar-refractivity contribution in [1.29, 1.82) is 5.26 Å². The molecule has 0 amide bonds. The Morgan fingerprint density at radius 2 is 1.96 bits per heavy atom. The molecule has 28 heavy (non-hydrogen) atoms. The number of nitrogens with one attached hydrogen (secondary N) is 1. The van der Waals surface area contributed by atoms with Crippen LogP contribution >= 0.6 is 0 Å². The van der Waals surface area contributed by atoms with Crippen molar-refractivity contribution in [2.75, 3.05) is 13.7 Å². The molecule has 0 bridgehead atoms. The molecule has 0 atom stereocenters. The van der Waals surface area contributed by atoms with Gasteiger partial charge in [0.25, 0.3) is 0 Å². The third-order valence-electron chi connectivity index (χ3n) is 3.95. The number of ether oxygens (including phenoxy) is 3. The Bertz CT molecular complexity index is 1010. The van der Waals surface area contributed by atoms with E-state index >= 15 is 0 Å². The zero-order valence-electron chi connectivity index (χ0n) is 15.4. The van der Waals surface area contributed by atoms with Crippen LogP contribution in [-0.2, 0) is 11.3 Å². The summed E-state index contributed by atoms with van der Waals surface area (Å²) in [6.07, 6.45) is 0. The zero-order valence-corrected chi connectivity index (χ0v) is 15.4. The Kier molecular flexibility index (Phi) is 5.87. The molecule has 0 aliphatic rings. The number of nitrogens with zero attached hydrogens (tertiary/aromatic N) is 3. The van der Waals surface area contributed by atoms with Crippen molar-refractivity contribution in [3.63, 3.8) is 0 Å². The Hall–Kier alpha value is -3.86. The molecule has 1 aromatic heterocycles. The topological polar surface area (TPSA) is 110 Å². The number of methoxy groups -OCH3 is 1. The van der Waals surface area contributed by atoms with Crippen molar-refractivity contribution < 1.29 is 19.0 Å². The number of H-pyrrole nitrogens is 1. The van der Waals surface area contributed by atoms with E-state index in [1.54, 1.807) is 50.4 Å². The average Bonchev–Trinajstić information content (AvgIpc) is 3.22. The fraction of sp³-hybridized carbons (Fsp3) is 0.200. The number of aromatic amines is 1. The Balaban J connectivity index is 1.85. The monoisotopic (exact) mass is 378 g/mol. The van der Waals surface area contributed by atoms with Crippen molar-refractivity contribution >= 4 is 5.97 Å². The summed E-state index contributed by atoms with van der Waals surface area (Å²) in [6, 6.07) is 14.3. The van der Waals surface area contributed by atoms with Gasteiger partial charge in [-0.05, 0) is 49.4 Å². The van der Waals surface area contributed by atoms with Gasteiger partial charge in [-0.2, -0.15) is 15.6 Å². The molecular weight excluding hydrogens is 360 g/mol. The highest BCUT2D eigenvalue weighted by atomic mass is 16.5. The first-order valence-corrected chi connectivity index (χ1v) is 8.54. The molecule has 2 aromatic carbocycles. The van der Waals surface area contributed by atoms with Crippen molar-refractivity contribution in [2.24, 2.45) is 0 Å². The largest absolute Gasteiger partial charge is 0.496 e. The lowest BCUT2D eigenvalue weighted by Gasteiger charge is -2.12. The molecule has 0 radical (unpaired) electrons. The van der Waals surface area contributed by atoms with Crippen LogP contribution in [0.25, 0.3) is 11.3 Å². The number of hydrogen-bond donors (Lipinski definition) is 1. The Morgan fingerprint density at radius 3 is 2.64 bits per heavy atom. The van der Waals surface area contributed by atoms with E-state index in [1.165, 1.54) is 0 Å². The highest BCUT2D eigenvalue weighted by molar-refractivity contribution is 5.94. The molecule has 3 aromatic rings. The fourth-order valence-electron chi connectivity index (χ4n) is 2.60. The second-order valence-electron chi connectivity index (χ2n) is 5.69. The molecule has 0 spiro atoms. The quantitative estimate of drug-likeness (QED) is 0.629. The van der Waals surface area contributed by atoms with E-state index in [1.807, 2.05) is 6.07 Å². The molecule has 3 rings (SSSR count). The van der Waals surface area contributed by atoms with Gasteiger partial charge in [-0.25, -0.2) is 4.79 Å². The summed E-state index contributed by atoms with van der Waals surface area (Å²) in [5, 5.41) is 19.3. The van der Waals surface area contributed by atoms with Crippen LogP contribution in [-0.4, -0.2) is 35.1 Å². The lowest BCUT2D eigenvalue weighted by Crippen LogP contribution is -2.07. The summed E-state index contributed by atoms with van der Waals surface area (Å²) in [6.45, 7) is 2.20. The van der Waals surface area contributed by atoms with Crippen molar-refractivity contribution in [2.45, 2.75) is 13.5 Å². The van der Waals surface area contributed by atoms with Crippen LogP contribution in [0.5, 0.6) is 11.5 Å². The minimum atomic E-state index is -0.544. The summed E-state index contributed by atoms with van der Waals surface area (Å²) >= 11 is 0. The highest BCUT2D eigenvalue weighted by Crippen LogP contribution is 2.28. The number of nitriles is 1. The number of benzene rings is 2. The molecule has 0 aliphatic heterocycles. The van der Waals surface area contributed by atoms with E-state index in [9.17, 15) is 4.79 Å². The first-order valence-electron chi connectivity index (χ1n) is 8.54. The third kappa shape index (κ3) is 4.10. The molecular formula is C20H18N4O4. The summed E-state index contributed by atoms with van der Waals surface area (Å²) in [7, 11) is 1.57. The van der Waals surface area contributed by atoms with Gasteiger partial charge in [-0.3, -0.25) is 0 Å². The predicted octanol–water partition coefficient (Wildman–Crippen LogP) is 3.11. The maximum absolute atomic E-state index is 12.1. The van der Waals surface area contributed by atoms with Gasteiger partial charge < -0.3 is 14.2 Å². The zero-order chi connectivity index (χ0) is 19.9. The maximum atomic E-state index is 12.1. The molecule has 0 aliphatic carbocycles.